The molecule has 0 aromatic heterocycles. The van der Waals surface area contributed by atoms with Gasteiger partial charge in [-0.3, -0.25) is 4.55 Å². The van der Waals surface area contributed by atoms with E-state index in [-0.39, 0.29) is 11.2 Å². The molecule has 0 radical (unpaired) electrons. The molecule has 0 unspecified atom stereocenters. The van der Waals surface area contributed by atoms with Gasteiger partial charge in [0.2, 0.25) is 6.29 Å². The molecule has 1 aliphatic rings. The molecule has 0 atom stereocenters. The van der Waals surface area contributed by atoms with Crippen molar-refractivity contribution >= 4 is 10.1 Å². The van der Waals surface area contributed by atoms with E-state index >= 15 is 0 Å². The Kier molecular flexibility index (Phi) is 4.51. The molecule has 3 rings (SSSR count). The fraction of sp³-hybridized carbons (Fsp3) is 0.143. The van der Waals surface area contributed by atoms with Crippen LogP contribution in [0.3, 0.4) is 0 Å². The Morgan fingerprint density at radius 2 is 1.50 bits per heavy atom. The highest BCUT2D eigenvalue weighted by molar-refractivity contribution is 7.85. The van der Waals surface area contributed by atoms with Crippen LogP contribution in [0.25, 0.3) is 0 Å². The lowest BCUT2D eigenvalue weighted by atomic mass is 10.2. The third kappa shape index (κ3) is 4.43. The monoisotopic (exact) mass is 294 g/mol. The van der Waals surface area contributed by atoms with Gasteiger partial charge in [-0.2, -0.15) is 18.2 Å². The van der Waals surface area contributed by atoms with E-state index in [2.05, 4.69) is 9.78 Å². The molecule has 0 aliphatic carbocycles. The standard InChI is InChI=1S/C7H8O3S.C7H6O2/c1-6-2-4-7(5-3-6)11(8,9)10;1-2-4-6(5-3-1)7-8-9-7/h2-5H,1H3,(H,8,9,10);1-5,7H. The number of hydrogen-bond donors (Lipinski definition) is 1. The molecule has 1 N–H and O–H groups in total. The van der Waals surface area contributed by atoms with Crippen LogP contribution in [-0.4, -0.2) is 13.0 Å². The van der Waals surface area contributed by atoms with E-state index < -0.39 is 10.1 Å². The van der Waals surface area contributed by atoms with E-state index in [1.807, 2.05) is 37.3 Å². The predicted octanol–water partition coefficient (Wildman–Crippen LogP) is 2.89. The summed E-state index contributed by atoms with van der Waals surface area (Å²) in [6.45, 7) is 1.84. The SMILES string of the molecule is Cc1ccc(S(=O)(=O)O)cc1.c1ccc(C2OO2)cc1. The smallest absolute Gasteiger partial charge is 0.282 e. The lowest BCUT2D eigenvalue weighted by Crippen LogP contribution is -1.96. The van der Waals surface area contributed by atoms with Crippen LogP contribution in [0.1, 0.15) is 17.4 Å². The molecule has 1 aliphatic heterocycles. The van der Waals surface area contributed by atoms with Gasteiger partial charge in [0.15, 0.2) is 0 Å². The van der Waals surface area contributed by atoms with Crippen LogP contribution in [-0.2, 0) is 19.9 Å². The van der Waals surface area contributed by atoms with E-state index in [0.29, 0.717) is 0 Å². The van der Waals surface area contributed by atoms with Gasteiger partial charge in [-0.25, -0.2) is 0 Å². The summed E-state index contributed by atoms with van der Waals surface area (Å²) in [5.41, 5.74) is 2.04. The predicted molar refractivity (Wildman–Crippen MR) is 72.3 cm³/mol. The summed E-state index contributed by atoms with van der Waals surface area (Å²) >= 11 is 0. The zero-order valence-corrected chi connectivity index (χ0v) is 11.6. The Morgan fingerprint density at radius 3 is 1.95 bits per heavy atom. The molecule has 0 spiro atoms. The van der Waals surface area contributed by atoms with E-state index in [1.54, 1.807) is 12.1 Å². The first kappa shape index (κ1) is 14.7. The number of aryl methyl sites for hydroxylation is 1. The maximum absolute atomic E-state index is 10.5. The molecule has 2 aromatic rings. The Balaban J connectivity index is 0.000000149. The minimum atomic E-state index is -4.02. The summed E-state index contributed by atoms with van der Waals surface area (Å²) in [5, 5.41) is 0. The maximum Gasteiger partial charge on any atom is 0.294 e. The van der Waals surface area contributed by atoms with Gasteiger partial charge in [0, 0.05) is 5.56 Å². The van der Waals surface area contributed by atoms with Crippen molar-refractivity contribution in [3.63, 3.8) is 0 Å². The second kappa shape index (κ2) is 6.15. The van der Waals surface area contributed by atoms with Crippen molar-refractivity contribution in [2.75, 3.05) is 0 Å². The van der Waals surface area contributed by atoms with Gasteiger partial charge < -0.3 is 0 Å². The zero-order chi connectivity index (χ0) is 14.6. The lowest BCUT2D eigenvalue weighted by molar-refractivity contribution is 0.0850. The maximum atomic E-state index is 10.5. The number of benzene rings is 2. The van der Waals surface area contributed by atoms with Crippen molar-refractivity contribution in [3.8, 4) is 0 Å². The molecule has 1 saturated heterocycles. The Hall–Kier alpha value is -1.73. The fourth-order valence-corrected chi connectivity index (χ4v) is 1.94. The van der Waals surface area contributed by atoms with Crippen LogP contribution in [0.4, 0.5) is 0 Å². The topological polar surface area (TPSA) is 79.4 Å². The molecule has 0 bridgehead atoms. The van der Waals surface area contributed by atoms with Crippen LogP contribution in [0.15, 0.2) is 59.5 Å². The Bertz CT molecular complexity index is 646. The van der Waals surface area contributed by atoms with Gasteiger partial charge in [0.1, 0.15) is 0 Å². The van der Waals surface area contributed by atoms with Gasteiger partial charge in [0.25, 0.3) is 10.1 Å². The largest absolute Gasteiger partial charge is 0.294 e. The summed E-state index contributed by atoms with van der Waals surface area (Å²) in [6, 6.07) is 15.8. The Morgan fingerprint density at radius 1 is 0.950 bits per heavy atom. The van der Waals surface area contributed by atoms with Crippen LogP contribution in [0, 0.1) is 6.92 Å². The molecule has 106 valence electrons. The minimum absolute atomic E-state index is 0.0666. The molecule has 6 heteroatoms. The highest BCUT2D eigenvalue weighted by Crippen LogP contribution is 2.31. The molecular formula is C14H14O5S. The Labute approximate surface area is 117 Å². The lowest BCUT2D eigenvalue weighted by Gasteiger charge is -1.95. The van der Waals surface area contributed by atoms with Crippen LogP contribution in [0.5, 0.6) is 0 Å². The van der Waals surface area contributed by atoms with Crippen molar-refractivity contribution < 1.29 is 22.7 Å². The van der Waals surface area contributed by atoms with Crippen LogP contribution < -0.4 is 0 Å². The van der Waals surface area contributed by atoms with Crippen LogP contribution in [0.2, 0.25) is 0 Å². The zero-order valence-electron chi connectivity index (χ0n) is 10.8. The van der Waals surface area contributed by atoms with Gasteiger partial charge in [-0.05, 0) is 19.1 Å². The number of rotatable bonds is 2. The first-order valence-corrected chi connectivity index (χ1v) is 7.32. The van der Waals surface area contributed by atoms with Crippen LogP contribution >= 0.6 is 0 Å². The summed E-state index contributed by atoms with van der Waals surface area (Å²) in [4.78, 5) is 9.12. The van der Waals surface area contributed by atoms with Crippen molar-refractivity contribution in [1.82, 2.24) is 0 Å². The molecule has 1 heterocycles. The van der Waals surface area contributed by atoms with Crippen molar-refractivity contribution in [3.05, 3.63) is 65.7 Å². The van der Waals surface area contributed by atoms with Gasteiger partial charge >= 0.3 is 0 Å². The third-order valence-electron chi connectivity index (χ3n) is 2.58. The minimum Gasteiger partial charge on any atom is -0.282 e. The highest BCUT2D eigenvalue weighted by atomic mass is 32.2. The number of hydrogen-bond acceptors (Lipinski definition) is 4. The molecule has 20 heavy (non-hydrogen) atoms. The molecule has 0 saturated carbocycles. The molecular weight excluding hydrogens is 280 g/mol. The fourth-order valence-electron chi connectivity index (χ4n) is 1.46. The summed E-state index contributed by atoms with van der Waals surface area (Å²) in [5.74, 6) is 0. The van der Waals surface area contributed by atoms with Crippen molar-refractivity contribution in [2.45, 2.75) is 18.1 Å². The summed E-state index contributed by atoms with van der Waals surface area (Å²) in [6.07, 6.45) is -0.0915. The van der Waals surface area contributed by atoms with E-state index in [4.69, 9.17) is 4.55 Å². The second-order valence-electron chi connectivity index (χ2n) is 4.22. The third-order valence-corrected chi connectivity index (χ3v) is 3.45. The molecule has 0 amide bonds. The van der Waals surface area contributed by atoms with E-state index in [9.17, 15) is 8.42 Å². The van der Waals surface area contributed by atoms with Gasteiger partial charge in [-0.1, -0.05) is 48.0 Å². The average molecular weight is 294 g/mol. The summed E-state index contributed by atoms with van der Waals surface area (Å²) < 4.78 is 29.6. The van der Waals surface area contributed by atoms with Crippen molar-refractivity contribution in [1.29, 1.82) is 0 Å². The molecule has 2 aromatic carbocycles. The highest BCUT2D eigenvalue weighted by Gasteiger charge is 2.27. The second-order valence-corrected chi connectivity index (χ2v) is 5.64. The van der Waals surface area contributed by atoms with E-state index in [1.165, 1.54) is 12.1 Å². The summed E-state index contributed by atoms with van der Waals surface area (Å²) in [7, 11) is -4.02. The normalized spacial score (nSPS) is 14.3. The van der Waals surface area contributed by atoms with E-state index in [0.717, 1.165) is 11.1 Å². The van der Waals surface area contributed by atoms with Gasteiger partial charge in [-0.15, -0.1) is 0 Å². The van der Waals surface area contributed by atoms with Crippen molar-refractivity contribution in [2.24, 2.45) is 0 Å². The van der Waals surface area contributed by atoms with Gasteiger partial charge in [0.05, 0.1) is 4.90 Å². The quantitative estimate of drug-likeness (QED) is 0.523. The molecule has 5 nitrogen and oxygen atoms in total. The average Bonchev–Trinajstić information content (AvgIpc) is 3.24. The first-order chi connectivity index (χ1) is 9.47. The first-order valence-electron chi connectivity index (χ1n) is 5.88. The molecule has 1 fully saturated rings.